The van der Waals surface area contributed by atoms with Crippen molar-refractivity contribution in [1.29, 1.82) is 0 Å². The molecule has 4 rings (SSSR count). The maximum absolute atomic E-state index is 11.0. The SMILES string of the molecule is CC(C)=O.CC(C)=O.CC(C)c1cccc([O-])[c+]([O-])c1.CC(C)c1cccc([O-])[c+]([O-])c1.CC(C)c1cccc([O-])[c+]([O-])c1.CC(C)c1cccc([O-])[c+]([O-])c1.NC(N)=O.NC(N)=O.NC(N)=O.NC(N)=O.NC(N)=O.NC(N)=O.[Cu+2].[Cu+2]. The van der Waals surface area contributed by atoms with Gasteiger partial charge in [0.25, 0.3) is 0 Å². The zero-order chi connectivity index (χ0) is 65.2. The van der Waals surface area contributed by atoms with E-state index in [1.54, 1.807) is 48.5 Å². The van der Waals surface area contributed by atoms with E-state index in [9.17, 15) is 50.4 Å². The summed E-state index contributed by atoms with van der Waals surface area (Å²) in [4.78, 5) is 72.9. The van der Waals surface area contributed by atoms with Crippen molar-refractivity contribution in [2.75, 3.05) is 0 Å². The van der Waals surface area contributed by atoms with E-state index in [0.717, 1.165) is 22.3 Å². The second-order valence-corrected chi connectivity index (χ2v) is 16.4. The van der Waals surface area contributed by atoms with Crippen LogP contribution in [0.2, 0.25) is 0 Å². The van der Waals surface area contributed by atoms with Crippen LogP contribution in [0.1, 0.15) is 129 Å². The number of nitrogens with two attached hydrogens (primary N) is 12. The van der Waals surface area contributed by atoms with Gasteiger partial charge in [-0.1, -0.05) is 0 Å². The van der Waals surface area contributed by atoms with Crippen LogP contribution in [0.4, 0.5) is 28.8 Å². The van der Waals surface area contributed by atoms with Gasteiger partial charge in [-0.2, -0.15) is 0 Å². The van der Waals surface area contributed by atoms with Crippen LogP contribution in [0.5, 0.6) is 46.0 Å². The van der Waals surface area contributed by atoms with Crippen LogP contribution in [0.15, 0.2) is 97.1 Å². The first-order chi connectivity index (χ1) is 36.3. The Balaban J connectivity index is -0.0000000894. The molecule has 0 atom stereocenters. The topological polar surface area (TPSA) is 633 Å². The van der Waals surface area contributed by atoms with Gasteiger partial charge in [0, 0.05) is 189 Å². The molecule has 0 saturated heterocycles. The summed E-state index contributed by atoms with van der Waals surface area (Å²) in [6.07, 6.45) is 0. The van der Waals surface area contributed by atoms with Crippen molar-refractivity contribution in [2.24, 2.45) is 68.8 Å². The predicted octanol–water partition coefficient (Wildman–Crippen LogP) is 0.282. The van der Waals surface area contributed by atoms with Crippen LogP contribution in [0.3, 0.4) is 0 Å². The maximum Gasteiger partial charge on any atom is 2.00 e. The third-order valence-electron chi connectivity index (χ3n) is 6.97. The number of ketones is 2. The van der Waals surface area contributed by atoms with Crippen molar-refractivity contribution >= 4 is 47.8 Å². The Morgan fingerprint density at radius 2 is 0.402 bits per heavy atom. The molecule has 30 heteroatoms. The van der Waals surface area contributed by atoms with Gasteiger partial charge in [0.2, 0.25) is 0 Å². The Labute approximate surface area is 499 Å². The fraction of sp³-hybridized carbons (Fsp3) is 0.308. The largest absolute Gasteiger partial charge is 2.00 e. The van der Waals surface area contributed by atoms with Crippen LogP contribution in [0.25, 0.3) is 0 Å². The van der Waals surface area contributed by atoms with Crippen LogP contribution < -0.4 is 110 Å². The second-order valence-electron chi connectivity index (χ2n) is 16.4. The number of hydrogen-bond acceptors (Lipinski definition) is 16. The minimum Gasteiger partial charge on any atom is -0.852 e. The molecule has 0 unspecified atom stereocenters. The molecule has 2 radical (unpaired) electrons. The van der Waals surface area contributed by atoms with Crippen LogP contribution in [-0.4, -0.2) is 47.8 Å². The van der Waals surface area contributed by atoms with Gasteiger partial charge in [0.05, 0.1) is 0 Å². The minimum absolute atomic E-state index is 0. The molecular formula is C52H80Cu2N12O16. The molecule has 0 saturated carbocycles. The van der Waals surface area contributed by atoms with Gasteiger partial charge in [-0.05, 0) is 83.1 Å². The molecule has 0 spiro atoms. The third kappa shape index (κ3) is 87.4. The normalized spacial score (nSPS) is 8.39. The first-order valence-electron chi connectivity index (χ1n) is 22.8. The number of hydrogen-bond donors (Lipinski definition) is 12. The van der Waals surface area contributed by atoms with E-state index >= 15 is 0 Å². The number of urea groups is 6. The summed E-state index contributed by atoms with van der Waals surface area (Å²) in [5, 5.41) is 87.7. The van der Waals surface area contributed by atoms with Crippen molar-refractivity contribution in [3.8, 4) is 46.0 Å². The van der Waals surface area contributed by atoms with Crippen molar-refractivity contribution in [3.63, 3.8) is 0 Å². The molecule has 4 aromatic carbocycles. The molecule has 0 aliphatic rings. The van der Waals surface area contributed by atoms with Gasteiger partial charge in [-0.3, -0.25) is 0 Å². The summed E-state index contributed by atoms with van der Waals surface area (Å²) >= 11 is 0. The van der Waals surface area contributed by atoms with E-state index in [2.05, 4.69) is 68.8 Å². The van der Waals surface area contributed by atoms with Crippen molar-refractivity contribution in [3.05, 3.63) is 119 Å². The Morgan fingerprint density at radius 1 is 0.305 bits per heavy atom. The molecule has 4 aromatic rings. The molecule has 0 fully saturated rings. The molecule has 12 amide bonds. The molecule has 0 heterocycles. The Bertz CT molecular complexity index is 2090. The van der Waals surface area contributed by atoms with Gasteiger partial charge in [0.1, 0.15) is 11.6 Å². The van der Waals surface area contributed by atoms with E-state index in [1.807, 2.05) is 55.4 Å². The minimum atomic E-state index is -0.833. The second kappa shape index (κ2) is 57.9. The number of carbonyl (C=O) groups excluding carboxylic acids is 8. The van der Waals surface area contributed by atoms with E-state index in [4.69, 9.17) is 28.8 Å². The number of Topliss-reactive ketones (excluding diaryl/α,β-unsaturated/α-hetero) is 2. The molecule has 28 nitrogen and oxygen atoms in total. The van der Waals surface area contributed by atoms with Crippen LogP contribution in [0, 0.1) is 0 Å². The summed E-state index contributed by atoms with van der Waals surface area (Å²) in [7, 11) is 0. The molecule has 466 valence electrons. The molecule has 0 aliphatic heterocycles. The fourth-order valence-corrected chi connectivity index (χ4v) is 3.83. The van der Waals surface area contributed by atoms with Gasteiger partial charge in [-0.25, -0.2) is 28.8 Å². The standard InChI is InChI=1S/4C10H12O2.2C3H6O.6CH4N2O.2Cu/c4*1-7(2)8-4-3-5-9(11)10(12)6-8;2*1-3(2)4;6*2-1(3)4;;/h4*3-7,11H,1-2H3;2*1-2H3;6*(H4,2,3,4);;/q;;;;;;;;;;;;2*+2/p-4. The Morgan fingerprint density at radius 3 is 0.488 bits per heavy atom. The van der Waals surface area contributed by atoms with Crippen molar-refractivity contribution < 1.29 is 113 Å². The average Bonchev–Trinajstić information content (AvgIpc) is 3.70. The van der Waals surface area contributed by atoms with Crippen molar-refractivity contribution in [2.45, 2.75) is 107 Å². The summed E-state index contributed by atoms with van der Waals surface area (Å²) in [6.45, 7) is 22.0. The molecule has 0 aliphatic carbocycles. The molecule has 0 bridgehead atoms. The number of primary amides is 12. The van der Waals surface area contributed by atoms with Crippen LogP contribution in [-0.2, 0) is 43.7 Å². The first kappa shape index (κ1) is 95.1. The molecule has 24 N–H and O–H groups in total. The van der Waals surface area contributed by atoms with Gasteiger partial charge < -0.3 is 119 Å². The summed E-state index contributed by atoms with van der Waals surface area (Å²) in [5.41, 5.74) is 54.6. The van der Waals surface area contributed by atoms with Gasteiger partial charge in [-0.15, -0.1) is 0 Å². The van der Waals surface area contributed by atoms with Crippen LogP contribution >= 0.6 is 0 Å². The summed E-state index contributed by atoms with van der Waals surface area (Å²) < 4.78 is 0. The summed E-state index contributed by atoms with van der Waals surface area (Å²) in [5.74, 6) is -2.02. The maximum atomic E-state index is 11.0. The fourth-order valence-electron chi connectivity index (χ4n) is 3.83. The number of amides is 12. The van der Waals surface area contributed by atoms with Gasteiger partial charge in [0.15, 0.2) is 0 Å². The smallest absolute Gasteiger partial charge is 0.852 e. The Hall–Kier alpha value is -9.24. The monoisotopic (exact) mass is 1250 g/mol. The average molecular weight is 1260 g/mol. The quantitative estimate of drug-likeness (QED) is 0.0965. The van der Waals surface area contributed by atoms with Gasteiger partial charge >= 0.3 is 70.3 Å². The number of rotatable bonds is 4. The van der Waals surface area contributed by atoms with E-state index in [-0.39, 0.29) is 69.4 Å². The molecular weight excluding hydrogens is 1180 g/mol. The summed E-state index contributed by atoms with van der Waals surface area (Å²) in [6, 6.07) is 19.5. The van der Waals surface area contributed by atoms with E-state index < -0.39 is 82.2 Å². The van der Waals surface area contributed by atoms with E-state index in [0.29, 0.717) is 0 Å². The predicted molar refractivity (Wildman–Crippen MR) is 291 cm³/mol. The third-order valence-corrected chi connectivity index (χ3v) is 6.97. The zero-order valence-electron chi connectivity index (χ0n) is 47.6. The molecule has 82 heavy (non-hydrogen) atoms. The number of carbonyl (C=O) groups is 8. The Kier molecular flexibility index (Phi) is 67.2. The zero-order valence-corrected chi connectivity index (χ0v) is 49.5. The van der Waals surface area contributed by atoms with E-state index in [1.165, 1.54) is 76.2 Å². The first-order valence-corrected chi connectivity index (χ1v) is 22.8. The van der Waals surface area contributed by atoms with Crippen molar-refractivity contribution in [1.82, 2.24) is 0 Å². The molecule has 0 aromatic heterocycles.